The number of hydrogen-bond acceptors (Lipinski definition) is 3. The van der Waals surface area contributed by atoms with E-state index in [1.54, 1.807) is 30.3 Å². The second-order valence-electron chi connectivity index (χ2n) is 5.71. The minimum Gasteiger partial charge on any atom is -0.351 e. The summed E-state index contributed by atoms with van der Waals surface area (Å²) in [6, 6.07) is 12.3. The molecule has 0 heterocycles. The predicted molar refractivity (Wildman–Crippen MR) is 94.6 cm³/mol. The number of amides is 1. The van der Waals surface area contributed by atoms with Crippen LogP contribution in [0.5, 0.6) is 0 Å². The van der Waals surface area contributed by atoms with Crippen LogP contribution in [0.1, 0.15) is 27.0 Å². The van der Waals surface area contributed by atoms with Crippen LogP contribution in [0.3, 0.4) is 0 Å². The molecule has 0 radical (unpaired) electrons. The third-order valence-corrected chi connectivity index (χ3v) is 5.34. The second kappa shape index (κ2) is 7.59. The summed E-state index contributed by atoms with van der Waals surface area (Å²) in [6.45, 7) is 6.01. The molecule has 2 aromatic carbocycles. The van der Waals surface area contributed by atoms with Gasteiger partial charge < -0.3 is 5.32 Å². The average Bonchev–Trinajstić information content (AvgIpc) is 2.54. The Morgan fingerprint density at radius 3 is 2.29 bits per heavy atom. The molecule has 0 saturated heterocycles. The van der Waals surface area contributed by atoms with E-state index in [0.717, 1.165) is 16.7 Å². The molecule has 0 unspecified atom stereocenters. The summed E-state index contributed by atoms with van der Waals surface area (Å²) in [5, 5.41) is 2.72. The van der Waals surface area contributed by atoms with Crippen LogP contribution in [-0.2, 0) is 10.0 Å². The Balaban J connectivity index is 1.90. The standard InChI is InChI=1S/C18H22N2O3S/c1-13-8-9-16(12-15(13)3)24(22,23)20-11-10-19-18(21)17-7-5-4-6-14(17)2/h4-9,12,20H,10-11H2,1-3H3,(H,19,21). The summed E-state index contributed by atoms with van der Waals surface area (Å²) in [7, 11) is -3.57. The van der Waals surface area contributed by atoms with Crippen LogP contribution in [0.4, 0.5) is 0 Å². The van der Waals surface area contributed by atoms with Crippen LogP contribution in [-0.4, -0.2) is 27.4 Å². The van der Waals surface area contributed by atoms with Crippen LogP contribution in [0.25, 0.3) is 0 Å². The molecule has 24 heavy (non-hydrogen) atoms. The lowest BCUT2D eigenvalue weighted by Crippen LogP contribution is -2.35. The van der Waals surface area contributed by atoms with Crippen molar-refractivity contribution in [1.29, 1.82) is 0 Å². The highest BCUT2D eigenvalue weighted by atomic mass is 32.2. The largest absolute Gasteiger partial charge is 0.351 e. The lowest BCUT2D eigenvalue weighted by atomic mass is 10.1. The van der Waals surface area contributed by atoms with Crippen molar-refractivity contribution in [3.8, 4) is 0 Å². The molecule has 128 valence electrons. The Labute approximate surface area is 143 Å². The fourth-order valence-corrected chi connectivity index (χ4v) is 3.37. The number of carbonyl (C=O) groups is 1. The van der Waals surface area contributed by atoms with Crippen LogP contribution in [0.15, 0.2) is 47.4 Å². The van der Waals surface area contributed by atoms with E-state index in [0.29, 0.717) is 5.56 Å². The van der Waals surface area contributed by atoms with Gasteiger partial charge in [0.1, 0.15) is 0 Å². The number of benzene rings is 2. The minimum atomic E-state index is -3.57. The first-order valence-corrected chi connectivity index (χ1v) is 9.20. The molecule has 0 fully saturated rings. The van der Waals surface area contributed by atoms with Gasteiger partial charge in [0.05, 0.1) is 4.90 Å². The minimum absolute atomic E-state index is 0.132. The number of nitrogens with one attached hydrogen (secondary N) is 2. The summed E-state index contributed by atoms with van der Waals surface area (Å²) in [4.78, 5) is 12.3. The maximum atomic E-state index is 12.2. The van der Waals surface area contributed by atoms with E-state index in [4.69, 9.17) is 0 Å². The highest BCUT2D eigenvalue weighted by molar-refractivity contribution is 7.89. The monoisotopic (exact) mass is 346 g/mol. The molecule has 0 aliphatic rings. The van der Waals surface area contributed by atoms with Gasteiger partial charge in [0, 0.05) is 18.7 Å². The van der Waals surface area contributed by atoms with Crippen molar-refractivity contribution in [2.45, 2.75) is 25.7 Å². The van der Waals surface area contributed by atoms with Gasteiger partial charge in [-0.15, -0.1) is 0 Å². The Morgan fingerprint density at radius 1 is 0.917 bits per heavy atom. The van der Waals surface area contributed by atoms with Crippen LogP contribution < -0.4 is 10.0 Å². The Hall–Kier alpha value is -2.18. The number of rotatable bonds is 6. The molecular formula is C18H22N2O3S. The van der Waals surface area contributed by atoms with Gasteiger partial charge in [0.25, 0.3) is 5.91 Å². The molecule has 2 rings (SSSR count). The molecule has 0 aliphatic heterocycles. The van der Waals surface area contributed by atoms with Gasteiger partial charge >= 0.3 is 0 Å². The highest BCUT2D eigenvalue weighted by Crippen LogP contribution is 2.14. The summed E-state index contributed by atoms with van der Waals surface area (Å²) >= 11 is 0. The van der Waals surface area contributed by atoms with E-state index >= 15 is 0 Å². The summed E-state index contributed by atoms with van der Waals surface area (Å²) < 4.78 is 27.0. The summed E-state index contributed by atoms with van der Waals surface area (Å²) in [6.07, 6.45) is 0. The van der Waals surface area contributed by atoms with Crippen molar-refractivity contribution in [1.82, 2.24) is 10.0 Å². The number of aryl methyl sites for hydroxylation is 3. The molecule has 2 aromatic rings. The molecule has 0 aromatic heterocycles. The number of sulfonamides is 1. The van der Waals surface area contributed by atoms with Gasteiger partial charge in [0.2, 0.25) is 10.0 Å². The molecule has 0 aliphatic carbocycles. The zero-order valence-electron chi connectivity index (χ0n) is 14.1. The van der Waals surface area contributed by atoms with Gasteiger partial charge in [-0.3, -0.25) is 4.79 Å². The summed E-state index contributed by atoms with van der Waals surface area (Å²) in [5.41, 5.74) is 3.44. The van der Waals surface area contributed by atoms with E-state index in [-0.39, 0.29) is 23.9 Å². The third-order valence-electron chi connectivity index (χ3n) is 3.88. The van der Waals surface area contributed by atoms with E-state index in [1.165, 1.54) is 0 Å². The van der Waals surface area contributed by atoms with Crippen molar-refractivity contribution in [2.24, 2.45) is 0 Å². The smallest absolute Gasteiger partial charge is 0.251 e. The fourth-order valence-electron chi connectivity index (χ4n) is 2.25. The van der Waals surface area contributed by atoms with Crippen molar-refractivity contribution in [3.63, 3.8) is 0 Å². The molecular weight excluding hydrogens is 324 g/mol. The van der Waals surface area contributed by atoms with Crippen LogP contribution >= 0.6 is 0 Å². The maximum Gasteiger partial charge on any atom is 0.251 e. The normalized spacial score (nSPS) is 11.3. The Kier molecular flexibility index (Phi) is 5.75. The van der Waals surface area contributed by atoms with E-state index in [1.807, 2.05) is 32.9 Å². The lowest BCUT2D eigenvalue weighted by Gasteiger charge is -2.10. The molecule has 0 saturated carbocycles. The first-order valence-electron chi connectivity index (χ1n) is 7.72. The quantitative estimate of drug-likeness (QED) is 0.788. The van der Waals surface area contributed by atoms with Gasteiger partial charge in [-0.2, -0.15) is 0 Å². The third kappa shape index (κ3) is 4.43. The average molecular weight is 346 g/mol. The zero-order chi connectivity index (χ0) is 17.7. The van der Waals surface area contributed by atoms with Gasteiger partial charge in [-0.1, -0.05) is 24.3 Å². The van der Waals surface area contributed by atoms with E-state index in [9.17, 15) is 13.2 Å². The molecule has 2 N–H and O–H groups in total. The molecule has 6 heteroatoms. The van der Waals surface area contributed by atoms with Crippen molar-refractivity contribution >= 4 is 15.9 Å². The summed E-state index contributed by atoms with van der Waals surface area (Å²) in [5.74, 6) is -0.210. The SMILES string of the molecule is Cc1ccc(S(=O)(=O)NCCNC(=O)c2ccccc2C)cc1C. The van der Waals surface area contributed by atoms with Gasteiger partial charge in [-0.05, 0) is 55.7 Å². The van der Waals surface area contributed by atoms with Gasteiger partial charge in [-0.25, -0.2) is 13.1 Å². The van der Waals surface area contributed by atoms with Crippen LogP contribution in [0, 0.1) is 20.8 Å². The Morgan fingerprint density at radius 2 is 1.62 bits per heavy atom. The molecule has 0 bridgehead atoms. The highest BCUT2D eigenvalue weighted by Gasteiger charge is 2.14. The predicted octanol–water partition coefficient (Wildman–Crippen LogP) is 2.32. The van der Waals surface area contributed by atoms with Crippen molar-refractivity contribution < 1.29 is 13.2 Å². The molecule has 1 amide bonds. The second-order valence-corrected chi connectivity index (χ2v) is 7.48. The zero-order valence-corrected chi connectivity index (χ0v) is 14.9. The number of hydrogen-bond donors (Lipinski definition) is 2. The van der Waals surface area contributed by atoms with Crippen LogP contribution in [0.2, 0.25) is 0 Å². The van der Waals surface area contributed by atoms with Gasteiger partial charge in [0.15, 0.2) is 0 Å². The number of carbonyl (C=O) groups excluding carboxylic acids is 1. The fraction of sp³-hybridized carbons (Fsp3) is 0.278. The lowest BCUT2D eigenvalue weighted by molar-refractivity contribution is 0.0953. The maximum absolute atomic E-state index is 12.2. The topological polar surface area (TPSA) is 75.3 Å². The molecule has 0 spiro atoms. The van der Waals surface area contributed by atoms with Crippen molar-refractivity contribution in [3.05, 3.63) is 64.7 Å². The first kappa shape index (κ1) is 18.2. The molecule has 0 atom stereocenters. The molecule has 5 nitrogen and oxygen atoms in total. The first-order chi connectivity index (χ1) is 11.3. The van der Waals surface area contributed by atoms with Crippen molar-refractivity contribution in [2.75, 3.05) is 13.1 Å². The van der Waals surface area contributed by atoms with E-state index in [2.05, 4.69) is 10.0 Å². The van der Waals surface area contributed by atoms with E-state index < -0.39 is 10.0 Å². The Bertz CT molecular complexity index is 845.